The van der Waals surface area contributed by atoms with Crippen molar-refractivity contribution in [3.8, 4) is 33.1 Å². The molecule has 33 heavy (non-hydrogen) atoms. The fourth-order valence-electron chi connectivity index (χ4n) is 4.20. The van der Waals surface area contributed by atoms with Crippen LogP contribution in [0.2, 0.25) is 0 Å². The van der Waals surface area contributed by atoms with Gasteiger partial charge in [0.25, 0.3) is 0 Å². The molecule has 0 radical (unpaired) electrons. The lowest BCUT2D eigenvalue weighted by Gasteiger charge is -2.11. The van der Waals surface area contributed by atoms with Crippen molar-refractivity contribution >= 4 is 38.8 Å². The summed E-state index contributed by atoms with van der Waals surface area (Å²) in [5.74, 6) is 0. The minimum atomic E-state index is 0.348. The number of hydrogen-bond acceptors (Lipinski definition) is 5. The van der Waals surface area contributed by atoms with E-state index in [1.165, 1.54) is 0 Å². The average Bonchev–Trinajstić information content (AvgIpc) is 3.57. The molecule has 0 amide bonds. The lowest BCUT2D eigenvalue weighted by atomic mass is 10.0. The number of nitrogens with zero attached hydrogens (tertiary/aromatic N) is 3. The maximum absolute atomic E-state index is 4.64. The maximum atomic E-state index is 4.64. The number of anilines is 1. The predicted octanol–water partition coefficient (Wildman–Crippen LogP) is 6.72. The summed E-state index contributed by atoms with van der Waals surface area (Å²) < 4.78 is 0. The number of aromatic amines is 2. The Morgan fingerprint density at radius 2 is 1.82 bits per heavy atom. The maximum Gasteiger partial charge on any atom is 0.116 e. The van der Waals surface area contributed by atoms with Crippen molar-refractivity contribution in [1.29, 1.82) is 0 Å². The number of pyridine rings is 2. The molecule has 0 spiro atoms. The van der Waals surface area contributed by atoms with E-state index in [0.717, 1.165) is 60.6 Å². The Bertz CT molecular complexity index is 1580. The third kappa shape index (κ3) is 3.56. The monoisotopic (exact) mass is 450 g/mol. The number of benzene rings is 1. The number of aromatic nitrogens is 5. The predicted molar refractivity (Wildman–Crippen MR) is 136 cm³/mol. The van der Waals surface area contributed by atoms with E-state index < -0.39 is 0 Å². The Morgan fingerprint density at radius 3 is 2.67 bits per heavy atom. The fraction of sp³-hybridized carbons (Fsp3) is 0.115. The Balaban J connectivity index is 1.45. The molecule has 5 heterocycles. The molecule has 0 fully saturated rings. The molecule has 6 rings (SSSR count). The highest BCUT2D eigenvalue weighted by Gasteiger charge is 2.15. The van der Waals surface area contributed by atoms with Gasteiger partial charge in [0.05, 0.1) is 27.5 Å². The first kappa shape index (κ1) is 19.7. The molecule has 0 aliphatic heterocycles. The number of thiophene rings is 1. The topological polar surface area (TPSA) is 82.3 Å². The summed E-state index contributed by atoms with van der Waals surface area (Å²) in [6.07, 6.45) is 5.60. The third-order valence-corrected chi connectivity index (χ3v) is 6.52. The van der Waals surface area contributed by atoms with Gasteiger partial charge in [-0.05, 0) is 61.2 Å². The van der Waals surface area contributed by atoms with E-state index in [2.05, 4.69) is 92.2 Å². The molecule has 0 unspecified atom stereocenters. The smallest absolute Gasteiger partial charge is 0.116 e. The van der Waals surface area contributed by atoms with E-state index in [9.17, 15) is 0 Å². The van der Waals surface area contributed by atoms with Gasteiger partial charge in [-0.1, -0.05) is 12.1 Å². The molecule has 6 aromatic rings. The Kier molecular flexibility index (Phi) is 4.69. The quantitative estimate of drug-likeness (QED) is 0.272. The number of nitrogens with one attached hydrogen (secondary N) is 3. The van der Waals surface area contributed by atoms with Gasteiger partial charge in [0, 0.05) is 46.5 Å². The number of hydrogen-bond donors (Lipinski definition) is 3. The summed E-state index contributed by atoms with van der Waals surface area (Å²) in [6, 6.07) is 17.1. The first-order valence-electron chi connectivity index (χ1n) is 10.9. The largest absolute Gasteiger partial charge is 0.382 e. The van der Waals surface area contributed by atoms with E-state index in [-0.39, 0.29) is 0 Å². The molecule has 0 saturated carbocycles. The SMILES string of the molecule is CC(C)Nc1cncc(-c2ccc3[nH]nc(-c4cc5c(-c6cccs6)nccc5[nH]4)c3c2)c1. The molecule has 0 saturated heterocycles. The van der Waals surface area contributed by atoms with Gasteiger partial charge in [-0.25, -0.2) is 0 Å². The summed E-state index contributed by atoms with van der Waals surface area (Å²) in [5.41, 5.74) is 8.07. The average molecular weight is 451 g/mol. The van der Waals surface area contributed by atoms with E-state index in [1.807, 2.05) is 24.7 Å². The summed E-state index contributed by atoms with van der Waals surface area (Å²) in [7, 11) is 0. The zero-order chi connectivity index (χ0) is 22.4. The van der Waals surface area contributed by atoms with Crippen molar-refractivity contribution in [3.05, 3.63) is 72.5 Å². The van der Waals surface area contributed by atoms with Gasteiger partial charge in [-0.15, -0.1) is 11.3 Å². The summed E-state index contributed by atoms with van der Waals surface area (Å²) in [5, 5.41) is 15.5. The normalized spacial score (nSPS) is 11.6. The van der Waals surface area contributed by atoms with Crippen LogP contribution in [0.1, 0.15) is 13.8 Å². The van der Waals surface area contributed by atoms with Crippen LogP contribution >= 0.6 is 11.3 Å². The highest BCUT2D eigenvalue weighted by Crippen LogP contribution is 2.35. The molecule has 0 bridgehead atoms. The molecule has 0 atom stereocenters. The second kappa shape index (κ2) is 7.86. The number of rotatable bonds is 5. The summed E-state index contributed by atoms with van der Waals surface area (Å²) >= 11 is 1.70. The van der Waals surface area contributed by atoms with Crippen LogP contribution in [-0.4, -0.2) is 31.2 Å². The molecule has 0 aliphatic rings. The van der Waals surface area contributed by atoms with Crippen LogP contribution in [0.15, 0.2) is 72.5 Å². The third-order valence-electron chi connectivity index (χ3n) is 5.65. The molecule has 7 heteroatoms. The van der Waals surface area contributed by atoms with Crippen LogP contribution in [-0.2, 0) is 0 Å². The summed E-state index contributed by atoms with van der Waals surface area (Å²) in [4.78, 5) is 13.8. The molecule has 162 valence electrons. The summed E-state index contributed by atoms with van der Waals surface area (Å²) in [6.45, 7) is 4.24. The molecular weight excluding hydrogens is 428 g/mol. The van der Waals surface area contributed by atoms with E-state index in [0.29, 0.717) is 6.04 Å². The second-order valence-corrected chi connectivity index (χ2v) is 9.32. The van der Waals surface area contributed by atoms with Crippen LogP contribution in [0.5, 0.6) is 0 Å². The molecule has 6 nitrogen and oxygen atoms in total. The van der Waals surface area contributed by atoms with E-state index >= 15 is 0 Å². The van der Waals surface area contributed by atoms with Gasteiger partial charge in [-0.3, -0.25) is 15.1 Å². The lowest BCUT2D eigenvalue weighted by Crippen LogP contribution is -2.09. The zero-order valence-electron chi connectivity index (χ0n) is 18.3. The van der Waals surface area contributed by atoms with E-state index in [1.54, 1.807) is 11.3 Å². The molecule has 1 aromatic carbocycles. The first-order valence-corrected chi connectivity index (χ1v) is 11.8. The van der Waals surface area contributed by atoms with Crippen LogP contribution in [0.4, 0.5) is 5.69 Å². The van der Waals surface area contributed by atoms with Gasteiger partial charge in [0.2, 0.25) is 0 Å². The van der Waals surface area contributed by atoms with Crippen molar-refractivity contribution in [3.63, 3.8) is 0 Å². The lowest BCUT2D eigenvalue weighted by molar-refractivity contribution is 0.898. The number of fused-ring (bicyclic) bond motifs is 2. The van der Waals surface area contributed by atoms with Crippen LogP contribution in [0, 0.1) is 0 Å². The second-order valence-electron chi connectivity index (χ2n) is 8.38. The first-order chi connectivity index (χ1) is 16.2. The van der Waals surface area contributed by atoms with Crippen LogP contribution < -0.4 is 5.32 Å². The van der Waals surface area contributed by atoms with Gasteiger partial charge in [0.1, 0.15) is 5.69 Å². The fourth-order valence-corrected chi connectivity index (χ4v) is 4.94. The number of H-pyrrole nitrogens is 2. The minimum absolute atomic E-state index is 0.348. The minimum Gasteiger partial charge on any atom is -0.382 e. The van der Waals surface area contributed by atoms with Gasteiger partial charge in [0.15, 0.2) is 0 Å². The van der Waals surface area contributed by atoms with Gasteiger partial charge >= 0.3 is 0 Å². The van der Waals surface area contributed by atoms with Gasteiger partial charge in [-0.2, -0.15) is 5.10 Å². The van der Waals surface area contributed by atoms with Crippen LogP contribution in [0.25, 0.3) is 54.9 Å². The standard InChI is InChI=1S/C26H22N6S/c1-15(2)29-18-10-17(13-27-14-18)16-5-6-22-19(11-16)25(32-31-22)23-12-20-21(30-23)7-8-28-26(20)24-4-3-9-33-24/h3-15,29-30H,1-2H3,(H,31,32). The Morgan fingerprint density at radius 1 is 0.909 bits per heavy atom. The highest BCUT2D eigenvalue weighted by atomic mass is 32.1. The van der Waals surface area contributed by atoms with Gasteiger partial charge < -0.3 is 10.3 Å². The molecular formula is C26H22N6S. The van der Waals surface area contributed by atoms with Crippen molar-refractivity contribution in [2.75, 3.05) is 5.32 Å². The van der Waals surface area contributed by atoms with E-state index in [4.69, 9.17) is 0 Å². The Labute approximate surface area is 194 Å². The van der Waals surface area contributed by atoms with Crippen molar-refractivity contribution in [1.82, 2.24) is 25.1 Å². The van der Waals surface area contributed by atoms with Crippen molar-refractivity contribution in [2.45, 2.75) is 19.9 Å². The van der Waals surface area contributed by atoms with Crippen molar-refractivity contribution < 1.29 is 0 Å². The molecule has 3 N–H and O–H groups in total. The van der Waals surface area contributed by atoms with Crippen molar-refractivity contribution in [2.24, 2.45) is 0 Å². The zero-order valence-corrected chi connectivity index (χ0v) is 19.1. The Hall–Kier alpha value is -3.97. The molecule has 0 aliphatic carbocycles. The highest BCUT2D eigenvalue weighted by molar-refractivity contribution is 7.13. The molecule has 5 aromatic heterocycles. The van der Waals surface area contributed by atoms with Crippen LogP contribution in [0.3, 0.4) is 0 Å².